The summed E-state index contributed by atoms with van der Waals surface area (Å²) in [6.45, 7) is 2.03. The maximum absolute atomic E-state index is 12.9. The molecule has 1 aliphatic rings. The molecule has 4 aromatic rings. The van der Waals surface area contributed by atoms with Gasteiger partial charge in [-0.05, 0) is 74.6 Å². The van der Waals surface area contributed by atoms with Crippen LogP contribution in [0.3, 0.4) is 0 Å². The molecule has 1 aliphatic carbocycles. The van der Waals surface area contributed by atoms with Crippen LogP contribution in [0.1, 0.15) is 63.1 Å². The maximum Gasteiger partial charge on any atom is 0.248 e. The molecule has 0 bridgehead atoms. The number of carbonyl (C=O) groups is 2. The number of carbonyl (C=O) groups excluding carboxylic acids is 2. The monoisotopic (exact) mass is 458 g/mol. The van der Waals surface area contributed by atoms with Crippen molar-refractivity contribution < 1.29 is 9.59 Å². The van der Waals surface area contributed by atoms with Crippen molar-refractivity contribution in [1.29, 1.82) is 0 Å². The van der Waals surface area contributed by atoms with Gasteiger partial charge in [0.2, 0.25) is 5.91 Å². The number of thiophene rings is 1. The molecule has 33 heavy (non-hydrogen) atoms. The normalized spacial score (nSPS) is 18.5. The van der Waals surface area contributed by atoms with Crippen molar-refractivity contribution in [3.8, 4) is 11.5 Å². The van der Waals surface area contributed by atoms with Crippen molar-refractivity contribution in [2.24, 2.45) is 11.7 Å². The zero-order chi connectivity index (χ0) is 22.9. The molecule has 0 saturated heterocycles. The smallest absolute Gasteiger partial charge is 0.248 e. The maximum atomic E-state index is 12.9. The molecule has 3 heterocycles. The number of nitrogens with two attached hydrogens (primary N) is 1. The van der Waals surface area contributed by atoms with Gasteiger partial charge in [-0.15, -0.1) is 11.3 Å². The lowest BCUT2D eigenvalue weighted by molar-refractivity contribution is 0.0944. The number of aryl methyl sites for hydroxylation is 1. The lowest BCUT2D eigenvalue weighted by Gasteiger charge is -2.31. The Morgan fingerprint density at radius 3 is 2.76 bits per heavy atom. The first kappa shape index (κ1) is 21.5. The number of imidazole rings is 1. The van der Waals surface area contributed by atoms with E-state index in [0.717, 1.165) is 53.1 Å². The number of fused-ring (bicyclic) bond motifs is 1. The standard InChI is InChI=1S/C26H26N4O2S/c1-16-8-11-24(33-16)23(31)14-17-5-4-6-19(13-17)30-22-10-9-18(25(27)32)15-21(22)29-26(30)20-7-2-3-12-28-20/h2-3,7-12,15,17,19H,4-6,13-14H2,1H3,(H2,27,32). The fraction of sp³-hybridized carbons (Fsp3) is 0.308. The van der Waals surface area contributed by atoms with Crippen LogP contribution in [0.2, 0.25) is 0 Å². The van der Waals surface area contributed by atoms with Crippen LogP contribution in [0.4, 0.5) is 0 Å². The van der Waals surface area contributed by atoms with E-state index in [2.05, 4.69) is 9.55 Å². The van der Waals surface area contributed by atoms with Crippen LogP contribution in [0, 0.1) is 12.8 Å². The zero-order valence-corrected chi connectivity index (χ0v) is 19.3. The van der Waals surface area contributed by atoms with E-state index >= 15 is 0 Å². The highest BCUT2D eigenvalue weighted by atomic mass is 32.1. The number of hydrogen-bond donors (Lipinski definition) is 1. The fourth-order valence-electron chi connectivity index (χ4n) is 4.93. The van der Waals surface area contributed by atoms with Crippen LogP contribution in [0.5, 0.6) is 0 Å². The van der Waals surface area contributed by atoms with Crippen molar-refractivity contribution >= 4 is 34.1 Å². The van der Waals surface area contributed by atoms with Crippen LogP contribution in [0.15, 0.2) is 54.7 Å². The second-order valence-electron chi connectivity index (χ2n) is 8.81. The lowest BCUT2D eigenvalue weighted by atomic mass is 9.82. The molecule has 1 amide bonds. The van der Waals surface area contributed by atoms with Gasteiger partial charge >= 0.3 is 0 Å². The van der Waals surface area contributed by atoms with Gasteiger partial charge in [-0.3, -0.25) is 14.6 Å². The van der Waals surface area contributed by atoms with Crippen LogP contribution in [-0.2, 0) is 0 Å². The summed E-state index contributed by atoms with van der Waals surface area (Å²) < 4.78 is 2.26. The van der Waals surface area contributed by atoms with Crippen molar-refractivity contribution in [2.45, 2.75) is 45.1 Å². The Morgan fingerprint density at radius 1 is 1.15 bits per heavy atom. The van der Waals surface area contributed by atoms with Gasteiger partial charge in [0.1, 0.15) is 5.69 Å². The van der Waals surface area contributed by atoms with Gasteiger partial charge in [0.25, 0.3) is 0 Å². The molecule has 1 saturated carbocycles. The SMILES string of the molecule is Cc1ccc(C(=O)CC2CCCC(n3c(-c4ccccn4)nc4cc(C(N)=O)ccc43)C2)s1. The number of pyridine rings is 1. The number of benzene rings is 1. The predicted octanol–water partition coefficient (Wildman–Crippen LogP) is 5.57. The molecule has 7 heteroatoms. The van der Waals surface area contributed by atoms with Crippen LogP contribution >= 0.6 is 11.3 Å². The minimum absolute atomic E-state index is 0.211. The molecule has 2 unspecified atom stereocenters. The van der Waals surface area contributed by atoms with Gasteiger partial charge < -0.3 is 10.3 Å². The summed E-state index contributed by atoms with van der Waals surface area (Å²) in [7, 11) is 0. The highest BCUT2D eigenvalue weighted by molar-refractivity contribution is 7.14. The fourth-order valence-corrected chi connectivity index (χ4v) is 5.74. The molecule has 2 N–H and O–H groups in total. The van der Waals surface area contributed by atoms with Crippen LogP contribution in [-0.4, -0.2) is 26.2 Å². The molecule has 1 aromatic carbocycles. The van der Waals surface area contributed by atoms with Gasteiger partial charge in [0.15, 0.2) is 11.6 Å². The number of hydrogen-bond acceptors (Lipinski definition) is 5. The summed E-state index contributed by atoms with van der Waals surface area (Å²) in [5.41, 5.74) is 8.44. The Balaban J connectivity index is 1.49. The quantitative estimate of drug-likeness (QED) is 0.382. The number of aromatic nitrogens is 3. The third kappa shape index (κ3) is 4.33. The van der Waals surface area contributed by atoms with Crippen molar-refractivity contribution in [3.05, 3.63) is 70.0 Å². The van der Waals surface area contributed by atoms with E-state index in [4.69, 9.17) is 10.7 Å². The Hall–Kier alpha value is -3.32. The molecule has 3 aromatic heterocycles. The van der Waals surface area contributed by atoms with E-state index in [9.17, 15) is 9.59 Å². The second-order valence-corrected chi connectivity index (χ2v) is 10.1. The minimum Gasteiger partial charge on any atom is -0.366 e. The number of Topliss-reactive ketones (excluding diaryl/α,β-unsaturated/α-hetero) is 1. The summed E-state index contributed by atoms with van der Waals surface area (Å²) in [4.78, 5) is 36.0. The summed E-state index contributed by atoms with van der Waals surface area (Å²) in [5, 5.41) is 0. The Morgan fingerprint density at radius 2 is 2.03 bits per heavy atom. The van der Waals surface area contributed by atoms with E-state index in [-0.39, 0.29) is 11.8 Å². The first-order valence-corrected chi connectivity index (χ1v) is 12.1. The molecule has 2 atom stereocenters. The lowest BCUT2D eigenvalue weighted by Crippen LogP contribution is -2.22. The van der Waals surface area contributed by atoms with Crippen molar-refractivity contribution in [3.63, 3.8) is 0 Å². The van der Waals surface area contributed by atoms with E-state index in [0.29, 0.717) is 17.9 Å². The highest BCUT2D eigenvalue weighted by Gasteiger charge is 2.29. The van der Waals surface area contributed by atoms with Gasteiger partial charge in [0.05, 0.1) is 15.9 Å². The van der Waals surface area contributed by atoms with E-state index in [1.807, 2.05) is 43.3 Å². The number of rotatable bonds is 6. The summed E-state index contributed by atoms with van der Waals surface area (Å²) >= 11 is 1.58. The summed E-state index contributed by atoms with van der Waals surface area (Å²) in [6.07, 6.45) is 6.40. The topological polar surface area (TPSA) is 90.9 Å². The third-order valence-corrected chi connectivity index (χ3v) is 7.52. The first-order valence-electron chi connectivity index (χ1n) is 11.3. The molecule has 6 nitrogen and oxygen atoms in total. The summed E-state index contributed by atoms with van der Waals surface area (Å²) in [6, 6.07) is 15.4. The van der Waals surface area contributed by atoms with Gasteiger partial charge in [-0.1, -0.05) is 12.5 Å². The molecule has 0 spiro atoms. The molecule has 1 fully saturated rings. The average Bonchev–Trinajstić information content (AvgIpc) is 3.43. The van der Waals surface area contributed by atoms with Gasteiger partial charge in [-0.2, -0.15) is 0 Å². The highest BCUT2D eigenvalue weighted by Crippen LogP contribution is 2.39. The number of amides is 1. The van der Waals surface area contributed by atoms with Gasteiger partial charge in [0, 0.05) is 29.1 Å². The molecule has 0 radical (unpaired) electrons. The Labute approximate surface area is 196 Å². The van der Waals surface area contributed by atoms with Crippen molar-refractivity contribution in [1.82, 2.24) is 14.5 Å². The third-order valence-electron chi connectivity index (χ3n) is 6.48. The summed E-state index contributed by atoms with van der Waals surface area (Å²) in [5.74, 6) is 0.895. The average molecular weight is 459 g/mol. The molecule has 0 aliphatic heterocycles. The Kier molecular flexibility index (Phi) is 5.81. The number of nitrogens with zero attached hydrogens (tertiary/aromatic N) is 3. The van der Waals surface area contributed by atoms with E-state index in [1.165, 1.54) is 4.88 Å². The van der Waals surface area contributed by atoms with Crippen molar-refractivity contribution in [2.75, 3.05) is 0 Å². The van der Waals surface area contributed by atoms with Crippen LogP contribution in [0.25, 0.3) is 22.6 Å². The van der Waals surface area contributed by atoms with Gasteiger partial charge in [-0.25, -0.2) is 4.98 Å². The molecule has 5 rings (SSSR count). The second kappa shape index (κ2) is 8.90. The Bertz CT molecular complexity index is 1320. The van der Waals surface area contributed by atoms with Crippen LogP contribution < -0.4 is 5.73 Å². The number of ketones is 1. The number of primary amides is 1. The minimum atomic E-state index is -0.467. The largest absolute Gasteiger partial charge is 0.366 e. The molecule has 168 valence electrons. The zero-order valence-electron chi connectivity index (χ0n) is 18.5. The predicted molar refractivity (Wildman–Crippen MR) is 130 cm³/mol. The first-order chi connectivity index (χ1) is 16.0. The van der Waals surface area contributed by atoms with E-state index in [1.54, 1.807) is 29.7 Å². The molecular weight excluding hydrogens is 432 g/mol. The van der Waals surface area contributed by atoms with E-state index < -0.39 is 5.91 Å². The molecular formula is C26H26N4O2S.